The van der Waals surface area contributed by atoms with Gasteiger partial charge in [0.1, 0.15) is 6.29 Å². The number of amides is 1. The first-order valence-electron chi connectivity index (χ1n) is 9.28. The summed E-state index contributed by atoms with van der Waals surface area (Å²) in [5.41, 5.74) is 2.79. The number of carbonyl (C=O) groups is 3. The lowest BCUT2D eigenvalue weighted by molar-refractivity contribution is -0.134. The molecule has 2 unspecified atom stereocenters. The summed E-state index contributed by atoms with van der Waals surface area (Å²) in [5.74, 6) is -1.22. The van der Waals surface area contributed by atoms with Crippen molar-refractivity contribution in [1.82, 2.24) is 10.2 Å². The summed E-state index contributed by atoms with van der Waals surface area (Å²) < 4.78 is 0. The van der Waals surface area contributed by atoms with Crippen molar-refractivity contribution in [3.63, 3.8) is 0 Å². The number of fused-ring (bicyclic) bond motifs is 1. The molecule has 1 amide bonds. The molecule has 0 spiro atoms. The van der Waals surface area contributed by atoms with Crippen molar-refractivity contribution >= 4 is 46.8 Å². The Kier molecular flexibility index (Phi) is 5.57. The van der Waals surface area contributed by atoms with E-state index in [-0.39, 0.29) is 17.6 Å². The Morgan fingerprint density at radius 1 is 1.25 bits per heavy atom. The lowest BCUT2D eigenvalue weighted by atomic mass is 9.83. The number of benzene rings is 1. The number of thioether (sulfide) groups is 1. The van der Waals surface area contributed by atoms with Gasteiger partial charge in [-0.3, -0.25) is 14.5 Å². The van der Waals surface area contributed by atoms with Crippen molar-refractivity contribution in [3.05, 3.63) is 58.1 Å². The Morgan fingerprint density at radius 3 is 2.82 bits per heavy atom. The first kappa shape index (κ1) is 19.2. The monoisotopic (exact) mass is 412 g/mol. The normalized spacial score (nSPS) is 26.6. The molecule has 2 aliphatic heterocycles. The molecule has 3 aliphatic rings. The average molecular weight is 413 g/mol. The minimum Gasteiger partial charge on any atom is -0.302 e. The van der Waals surface area contributed by atoms with Crippen molar-refractivity contribution < 1.29 is 14.4 Å². The maximum atomic E-state index is 13.3. The van der Waals surface area contributed by atoms with Crippen LogP contribution < -0.4 is 5.32 Å². The predicted molar refractivity (Wildman–Crippen MR) is 113 cm³/mol. The van der Waals surface area contributed by atoms with Crippen LogP contribution in [0.1, 0.15) is 17.5 Å². The highest BCUT2D eigenvalue weighted by atomic mass is 32.2. The van der Waals surface area contributed by atoms with Gasteiger partial charge >= 0.3 is 0 Å². The Balaban J connectivity index is 1.56. The van der Waals surface area contributed by atoms with Crippen LogP contribution in [0, 0.1) is 11.8 Å². The number of aldehydes is 1. The van der Waals surface area contributed by atoms with Crippen LogP contribution in [-0.4, -0.2) is 40.3 Å². The van der Waals surface area contributed by atoms with Gasteiger partial charge in [-0.2, -0.15) is 0 Å². The van der Waals surface area contributed by atoms with Crippen LogP contribution in [0.4, 0.5) is 0 Å². The molecule has 1 saturated heterocycles. The lowest BCUT2D eigenvalue weighted by Gasteiger charge is -2.31. The third-order valence-corrected chi connectivity index (χ3v) is 6.60. The van der Waals surface area contributed by atoms with E-state index in [1.165, 1.54) is 27.8 Å². The van der Waals surface area contributed by atoms with Gasteiger partial charge in [-0.05, 0) is 35.8 Å². The Labute approximate surface area is 173 Å². The van der Waals surface area contributed by atoms with Gasteiger partial charge in [0.15, 0.2) is 5.78 Å². The summed E-state index contributed by atoms with van der Waals surface area (Å²) in [6, 6.07) is 7.56. The molecule has 1 aromatic rings. The molecule has 2 heterocycles. The molecule has 1 fully saturated rings. The third-order valence-electron chi connectivity index (χ3n) is 5.56. The van der Waals surface area contributed by atoms with E-state index in [1.807, 2.05) is 12.1 Å². The smallest absolute Gasteiger partial charge is 0.234 e. The van der Waals surface area contributed by atoms with Gasteiger partial charge in [0.2, 0.25) is 5.91 Å². The highest BCUT2D eigenvalue weighted by Crippen LogP contribution is 2.31. The van der Waals surface area contributed by atoms with Crippen molar-refractivity contribution in [2.24, 2.45) is 11.8 Å². The van der Waals surface area contributed by atoms with Gasteiger partial charge in [0.25, 0.3) is 0 Å². The molecular weight excluding hydrogens is 392 g/mol. The molecule has 0 radical (unpaired) electrons. The van der Waals surface area contributed by atoms with E-state index in [4.69, 9.17) is 12.2 Å². The van der Waals surface area contributed by atoms with Crippen molar-refractivity contribution in [1.29, 1.82) is 0 Å². The maximum absolute atomic E-state index is 13.3. The largest absolute Gasteiger partial charge is 0.302 e. The van der Waals surface area contributed by atoms with Crippen LogP contribution in [0.5, 0.6) is 0 Å². The molecule has 144 valence electrons. The zero-order valence-electron chi connectivity index (χ0n) is 15.2. The molecule has 0 aromatic heterocycles. The number of hydrogen-bond donors (Lipinski definition) is 1. The number of allylic oxidation sites excluding steroid dienone is 1. The van der Waals surface area contributed by atoms with Gasteiger partial charge in [-0.15, -0.1) is 11.8 Å². The second-order valence-electron chi connectivity index (χ2n) is 7.19. The number of thiocarbonyl (C=S) groups is 1. The molecule has 1 aliphatic carbocycles. The zero-order valence-corrected chi connectivity index (χ0v) is 16.8. The van der Waals surface area contributed by atoms with Crippen LogP contribution in [0.15, 0.2) is 47.0 Å². The van der Waals surface area contributed by atoms with Crippen molar-refractivity contribution in [2.45, 2.75) is 25.3 Å². The third kappa shape index (κ3) is 3.50. The summed E-state index contributed by atoms with van der Waals surface area (Å²) in [5, 5.41) is 6.42. The van der Waals surface area contributed by atoms with E-state index >= 15 is 0 Å². The molecule has 4 rings (SSSR count). The molecule has 5 nitrogen and oxygen atoms in total. The molecular formula is C21H20N2O3S2. The number of carbonyl (C=O) groups excluding carboxylic acids is 3. The molecule has 7 heteroatoms. The van der Waals surface area contributed by atoms with Crippen molar-refractivity contribution in [3.8, 4) is 0 Å². The molecule has 3 atom stereocenters. The number of nitrogens with one attached hydrogen (secondary N) is 1. The average Bonchev–Trinajstić information content (AvgIpc) is 3.12. The Morgan fingerprint density at radius 2 is 2.04 bits per heavy atom. The van der Waals surface area contributed by atoms with Gasteiger partial charge in [0, 0.05) is 28.9 Å². The van der Waals surface area contributed by atoms with Crippen LogP contribution >= 0.6 is 24.0 Å². The first-order valence-corrected chi connectivity index (χ1v) is 10.6. The van der Waals surface area contributed by atoms with Crippen LogP contribution in [-0.2, 0) is 27.2 Å². The van der Waals surface area contributed by atoms with E-state index in [1.54, 1.807) is 17.0 Å². The number of ketones is 1. The number of rotatable bonds is 4. The van der Waals surface area contributed by atoms with E-state index in [9.17, 15) is 14.4 Å². The maximum Gasteiger partial charge on any atom is 0.234 e. The molecule has 1 aromatic carbocycles. The SMILES string of the molecule is O=C[C@H]1NCC(=S)C1C(=O)C1=CSC=CN1C(=O)C1CCc2ccccc2C1. The summed E-state index contributed by atoms with van der Waals surface area (Å²) in [6.45, 7) is 0.360. The highest BCUT2D eigenvalue weighted by Gasteiger charge is 2.41. The number of aryl methyl sites for hydroxylation is 1. The summed E-state index contributed by atoms with van der Waals surface area (Å²) in [4.78, 5) is 39.8. The predicted octanol–water partition coefficient (Wildman–Crippen LogP) is 2.41. The van der Waals surface area contributed by atoms with Gasteiger partial charge in [-0.1, -0.05) is 36.5 Å². The van der Waals surface area contributed by atoms with E-state index in [2.05, 4.69) is 17.4 Å². The first-order chi connectivity index (χ1) is 13.6. The second-order valence-corrected chi connectivity index (χ2v) is 8.50. The molecule has 28 heavy (non-hydrogen) atoms. The fraction of sp³-hybridized carbons (Fsp3) is 0.333. The quantitative estimate of drug-likeness (QED) is 0.605. The van der Waals surface area contributed by atoms with Crippen LogP contribution in [0.3, 0.4) is 0 Å². The van der Waals surface area contributed by atoms with Gasteiger partial charge < -0.3 is 10.1 Å². The van der Waals surface area contributed by atoms with Crippen LogP contribution in [0.25, 0.3) is 0 Å². The van der Waals surface area contributed by atoms with Crippen molar-refractivity contribution in [2.75, 3.05) is 6.54 Å². The number of Topliss-reactive ketones (excluding diaryl/α,β-unsaturated/α-hetero) is 1. The fourth-order valence-electron chi connectivity index (χ4n) is 4.05. The molecule has 0 bridgehead atoms. The highest BCUT2D eigenvalue weighted by molar-refractivity contribution is 8.05. The minimum absolute atomic E-state index is 0.0785. The number of nitrogens with zero attached hydrogens (tertiary/aromatic N) is 1. The standard InChI is InChI=1S/C21H20N2O3S2/c24-11-16-19(18(27)10-22-16)20(25)17-12-28-8-7-23(17)21(26)15-6-5-13-3-1-2-4-14(13)9-15/h1-4,7-8,11-12,15-16,19,22H,5-6,9-10H2/t15?,16-,19?/m1/s1. The summed E-state index contributed by atoms with van der Waals surface area (Å²) >= 11 is 6.65. The Hall–Kier alpha value is -2.09. The Bertz CT molecular complexity index is 909. The topological polar surface area (TPSA) is 66.5 Å². The summed E-state index contributed by atoms with van der Waals surface area (Å²) in [7, 11) is 0. The number of hydrogen-bond acceptors (Lipinski definition) is 6. The zero-order chi connectivity index (χ0) is 19.7. The molecule has 0 saturated carbocycles. The fourth-order valence-corrected chi connectivity index (χ4v) is 5.02. The van der Waals surface area contributed by atoms with E-state index in [0.717, 1.165) is 19.1 Å². The minimum atomic E-state index is -0.701. The summed E-state index contributed by atoms with van der Waals surface area (Å²) in [6.07, 6.45) is 4.67. The molecule has 1 N–H and O–H groups in total. The van der Waals surface area contributed by atoms with E-state index < -0.39 is 12.0 Å². The van der Waals surface area contributed by atoms with Gasteiger partial charge in [-0.25, -0.2) is 0 Å². The van der Waals surface area contributed by atoms with Crippen LogP contribution in [0.2, 0.25) is 0 Å². The van der Waals surface area contributed by atoms with Gasteiger partial charge in [0.05, 0.1) is 17.7 Å². The lowest BCUT2D eigenvalue weighted by Crippen LogP contribution is -2.42. The second kappa shape index (κ2) is 8.11. The van der Waals surface area contributed by atoms with E-state index in [0.29, 0.717) is 23.5 Å².